The summed E-state index contributed by atoms with van der Waals surface area (Å²) >= 11 is 0. The first-order valence-electron chi connectivity index (χ1n) is 9.49. The van der Waals surface area contributed by atoms with Gasteiger partial charge in [-0.2, -0.15) is 5.26 Å². The predicted molar refractivity (Wildman–Crippen MR) is 95.9 cm³/mol. The number of hydrogen-bond acceptors (Lipinski definition) is 4. The lowest BCUT2D eigenvalue weighted by atomic mass is 9.49. The molecule has 1 N–H and O–H groups in total. The van der Waals surface area contributed by atoms with Gasteiger partial charge in [0.05, 0.1) is 17.0 Å². The van der Waals surface area contributed by atoms with Crippen LogP contribution in [-0.2, 0) is 14.3 Å². The maximum atomic E-state index is 12.9. The lowest BCUT2D eigenvalue weighted by molar-refractivity contribution is -0.177. The largest absolute Gasteiger partial charge is 0.452 e. The van der Waals surface area contributed by atoms with Crippen molar-refractivity contribution in [2.45, 2.75) is 51.6 Å². The first kappa shape index (κ1) is 17.1. The van der Waals surface area contributed by atoms with Gasteiger partial charge >= 0.3 is 5.97 Å². The van der Waals surface area contributed by atoms with E-state index in [1.54, 1.807) is 31.2 Å². The van der Waals surface area contributed by atoms with Crippen LogP contribution in [0.25, 0.3) is 0 Å². The summed E-state index contributed by atoms with van der Waals surface area (Å²) in [6.07, 6.45) is 5.76. The van der Waals surface area contributed by atoms with Crippen molar-refractivity contribution in [3.63, 3.8) is 0 Å². The first-order chi connectivity index (χ1) is 12.5. The van der Waals surface area contributed by atoms with Gasteiger partial charge in [-0.25, -0.2) is 0 Å². The minimum absolute atomic E-state index is 0.181. The summed E-state index contributed by atoms with van der Waals surface area (Å²) in [7, 11) is 0. The van der Waals surface area contributed by atoms with Crippen molar-refractivity contribution in [3.8, 4) is 6.07 Å². The van der Waals surface area contributed by atoms with Gasteiger partial charge in [-0.3, -0.25) is 9.59 Å². The van der Waals surface area contributed by atoms with Gasteiger partial charge < -0.3 is 10.1 Å². The highest BCUT2D eigenvalue weighted by Gasteiger charge is 2.55. The molecule has 1 atom stereocenters. The van der Waals surface area contributed by atoms with E-state index in [0.717, 1.165) is 19.3 Å². The number of nitrogens with one attached hydrogen (secondary N) is 1. The Morgan fingerprint density at radius 1 is 1.12 bits per heavy atom. The van der Waals surface area contributed by atoms with Crippen molar-refractivity contribution in [3.05, 3.63) is 29.8 Å². The highest BCUT2D eigenvalue weighted by molar-refractivity contribution is 5.95. The molecule has 0 aromatic heterocycles. The van der Waals surface area contributed by atoms with E-state index in [-0.39, 0.29) is 17.3 Å². The van der Waals surface area contributed by atoms with E-state index in [0.29, 0.717) is 29.0 Å². The van der Waals surface area contributed by atoms with Gasteiger partial charge in [-0.15, -0.1) is 0 Å². The number of carbonyl (C=O) groups is 2. The van der Waals surface area contributed by atoms with Gasteiger partial charge in [-0.1, -0.05) is 0 Å². The summed E-state index contributed by atoms with van der Waals surface area (Å²) in [5.41, 5.74) is 0.772. The molecule has 0 spiro atoms. The summed E-state index contributed by atoms with van der Waals surface area (Å²) in [6.45, 7) is 1.62. The minimum atomic E-state index is -0.828. The van der Waals surface area contributed by atoms with Crippen molar-refractivity contribution < 1.29 is 14.3 Å². The highest BCUT2D eigenvalue weighted by atomic mass is 16.5. The Labute approximate surface area is 153 Å². The van der Waals surface area contributed by atoms with Crippen molar-refractivity contribution >= 4 is 17.6 Å². The van der Waals surface area contributed by atoms with Crippen LogP contribution in [0.4, 0.5) is 5.69 Å². The number of esters is 1. The van der Waals surface area contributed by atoms with Crippen LogP contribution in [0.2, 0.25) is 0 Å². The molecule has 4 bridgehead atoms. The SMILES string of the molecule is C[C@@H](OC(=O)C12CC3CC(CC(C3)C1)C2)C(=O)Nc1ccc(C#N)cc1. The van der Waals surface area contributed by atoms with Crippen molar-refractivity contribution in [2.24, 2.45) is 23.2 Å². The summed E-state index contributed by atoms with van der Waals surface area (Å²) in [5.74, 6) is 1.47. The van der Waals surface area contributed by atoms with Crippen molar-refractivity contribution in [1.82, 2.24) is 0 Å². The van der Waals surface area contributed by atoms with Crippen LogP contribution in [0.1, 0.15) is 51.0 Å². The topological polar surface area (TPSA) is 79.2 Å². The van der Waals surface area contributed by atoms with Crippen LogP contribution < -0.4 is 5.32 Å². The zero-order valence-corrected chi connectivity index (χ0v) is 15.0. The van der Waals surface area contributed by atoms with Crippen LogP contribution in [0.5, 0.6) is 0 Å². The molecule has 4 fully saturated rings. The number of benzene rings is 1. The van der Waals surface area contributed by atoms with Gasteiger partial charge in [0.1, 0.15) is 0 Å². The number of rotatable bonds is 4. The molecule has 1 aromatic rings. The minimum Gasteiger partial charge on any atom is -0.452 e. The number of nitrogens with zero attached hydrogens (tertiary/aromatic N) is 1. The Balaban J connectivity index is 1.38. The molecule has 26 heavy (non-hydrogen) atoms. The smallest absolute Gasteiger partial charge is 0.312 e. The molecular weight excluding hydrogens is 328 g/mol. The van der Waals surface area contributed by atoms with Gasteiger partial charge in [-0.05, 0) is 87.5 Å². The zero-order chi connectivity index (χ0) is 18.3. The molecule has 0 saturated heterocycles. The molecule has 0 radical (unpaired) electrons. The average Bonchev–Trinajstić information content (AvgIpc) is 2.61. The van der Waals surface area contributed by atoms with Crippen molar-refractivity contribution in [2.75, 3.05) is 5.32 Å². The Bertz CT molecular complexity index is 727. The molecule has 0 aliphatic heterocycles. The van der Waals surface area contributed by atoms with Gasteiger partial charge in [0.15, 0.2) is 6.10 Å². The molecule has 5 nitrogen and oxygen atoms in total. The Morgan fingerprint density at radius 2 is 1.65 bits per heavy atom. The van der Waals surface area contributed by atoms with E-state index in [9.17, 15) is 9.59 Å². The van der Waals surface area contributed by atoms with E-state index in [1.165, 1.54) is 19.3 Å². The Hall–Kier alpha value is -2.35. The monoisotopic (exact) mass is 352 g/mol. The average molecular weight is 352 g/mol. The van der Waals surface area contributed by atoms with Crippen LogP contribution in [0.3, 0.4) is 0 Å². The summed E-state index contributed by atoms with van der Waals surface area (Å²) < 4.78 is 5.61. The summed E-state index contributed by atoms with van der Waals surface area (Å²) in [5, 5.41) is 11.6. The fourth-order valence-electron chi connectivity index (χ4n) is 5.57. The van der Waals surface area contributed by atoms with E-state index >= 15 is 0 Å². The van der Waals surface area contributed by atoms with Crippen molar-refractivity contribution in [1.29, 1.82) is 5.26 Å². The maximum Gasteiger partial charge on any atom is 0.312 e. The van der Waals surface area contributed by atoms with Crippen LogP contribution in [-0.4, -0.2) is 18.0 Å². The van der Waals surface area contributed by atoms with Gasteiger partial charge in [0.2, 0.25) is 0 Å². The number of anilines is 1. The lowest BCUT2D eigenvalue weighted by Crippen LogP contribution is -2.51. The number of carbonyl (C=O) groups excluding carboxylic acids is 2. The molecule has 1 amide bonds. The second kappa shape index (κ2) is 6.42. The fourth-order valence-corrected chi connectivity index (χ4v) is 5.57. The molecular formula is C21H24N2O3. The highest BCUT2D eigenvalue weighted by Crippen LogP contribution is 2.60. The second-order valence-electron chi connectivity index (χ2n) is 8.42. The third kappa shape index (κ3) is 3.09. The molecule has 5 heteroatoms. The number of ether oxygens (including phenoxy) is 1. The molecule has 0 heterocycles. The summed E-state index contributed by atoms with van der Waals surface area (Å²) in [4.78, 5) is 25.3. The summed E-state index contributed by atoms with van der Waals surface area (Å²) in [6, 6.07) is 8.66. The molecule has 136 valence electrons. The molecule has 0 unspecified atom stereocenters. The zero-order valence-electron chi connectivity index (χ0n) is 15.0. The van der Waals surface area contributed by atoms with Crippen LogP contribution in [0.15, 0.2) is 24.3 Å². The molecule has 4 saturated carbocycles. The standard InChI is InChI=1S/C21H24N2O3/c1-13(19(24)23-18-4-2-14(12-22)3-5-18)26-20(25)21-9-15-6-16(10-21)8-17(7-15)11-21/h2-5,13,15-17H,6-11H2,1H3,(H,23,24)/t13-,15?,16?,17?,21?/m1/s1. The number of hydrogen-bond donors (Lipinski definition) is 1. The quantitative estimate of drug-likeness (QED) is 0.839. The number of nitriles is 1. The van der Waals surface area contributed by atoms with Gasteiger partial charge in [0, 0.05) is 5.69 Å². The van der Waals surface area contributed by atoms with Crippen LogP contribution >= 0.6 is 0 Å². The lowest BCUT2D eigenvalue weighted by Gasteiger charge is -2.55. The predicted octanol–water partition coefficient (Wildman–Crippen LogP) is 3.64. The Kier molecular flexibility index (Phi) is 4.22. The normalized spacial score (nSPS) is 32.5. The van der Waals surface area contributed by atoms with E-state index in [4.69, 9.17) is 10.00 Å². The van der Waals surface area contributed by atoms with E-state index < -0.39 is 6.10 Å². The molecule has 5 rings (SSSR count). The molecule has 1 aromatic carbocycles. The third-order valence-corrected chi connectivity index (χ3v) is 6.41. The maximum absolute atomic E-state index is 12.9. The third-order valence-electron chi connectivity index (χ3n) is 6.41. The Morgan fingerprint density at radius 3 is 2.15 bits per heavy atom. The van der Waals surface area contributed by atoms with Crippen LogP contribution in [0, 0.1) is 34.5 Å². The van der Waals surface area contributed by atoms with E-state index in [2.05, 4.69) is 5.32 Å². The molecule has 4 aliphatic carbocycles. The second-order valence-corrected chi connectivity index (χ2v) is 8.42. The molecule has 4 aliphatic rings. The van der Waals surface area contributed by atoms with Gasteiger partial charge in [0.25, 0.3) is 5.91 Å². The fraction of sp³-hybridized carbons (Fsp3) is 0.571. The number of amides is 1. The first-order valence-corrected chi connectivity index (χ1v) is 9.49. The van der Waals surface area contributed by atoms with E-state index in [1.807, 2.05) is 6.07 Å².